The quantitative estimate of drug-likeness (QED) is 0.809. The average molecular weight is 274 g/mol. The fourth-order valence-corrected chi connectivity index (χ4v) is 1.47. The number of aliphatic hydroxyl groups excluding tert-OH is 1. The molecule has 0 aliphatic heterocycles. The molecule has 0 radical (unpaired) electrons. The first-order valence-electron chi connectivity index (χ1n) is 6.53. The minimum atomic E-state index is -0.219. The minimum absolute atomic E-state index is 0.124. The Morgan fingerprint density at radius 2 is 2.00 bits per heavy atom. The highest BCUT2D eigenvalue weighted by atomic mass is 16.2. The number of benzene rings is 1. The van der Waals surface area contributed by atoms with Crippen LogP contribution in [0.4, 0.5) is 0 Å². The molecule has 1 aromatic carbocycles. The van der Waals surface area contributed by atoms with E-state index in [1.54, 1.807) is 18.2 Å². The van der Waals surface area contributed by atoms with Crippen LogP contribution in [0.3, 0.4) is 0 Å². The number of hydrogen-bond donors (Lipinski definition) is 2. The molecule has 1 amide bonds. The van der Waals surface area contributed by atoms with Crippen molar-refractivity contribution < 1.29 is 9.90 Å². The Hall–Kier alpha value is -1.83. The lowest BCUT2D eigenvalue weighted by molar-refractivity contribution is 0.0919. The SMILES string of the molecule is CN(C)C(C)(C)CNC(=O)c1ccccc1C#CCO. The van der Waals surface area contributed by atoms with Gasteiger partial charge in [0.15, 0.2) is 0 Å². The van der Waals surface area contributed by atoms with Crippen LogP contribution in [-0.2, 0) is 0 Å². The number of amides is 1. The lowest BCUT2D eigenvalue weighted by atomic mass is 10.0. The van der Waals surface area contributed by atoms with Gasteiger partial charge in [-0.1, -0.05) is 24.0 Å². The Morgan fingerprint density at radius 1 is 1.35 bits per heavy atom. The minimum Gasteiger partial charge on any atom is -0.384 e. The van der Waals surface area contributed by atoms with Crippen molar-refractivity contribution in [2.75, 3.05) is 27.2 Å². The summed E-state index contributed by atoms with van der Waals surface area (Å²) in [6.45, 7) is 4.44. The summed E-state index contributed by atoms with van der Waals surface area (Å²) in [5.74, 6) is 5.21. The van der Waals surface area contributed by atoms with Gasteiger partial charge in [0.1, 0.15) is 6.61 Å². The molecule has 1 rings (SSSR count). The lowest BCUT2D eigenvalue weighted by Crippen LogP contribution is -2.48. The predicted octanol–water partition coefficient (Wildman–Crippen LogP) is 1.10. The van der Waals surface area contributed by atoms with Crippen molar-refractivity contribution in [3.8, 4) is 11.8 Å². The number of hydrogen-bond acceptors (Lipinski definition) is 3. The molecular weight excluding hydrogens is 252 g/mol. The summed E-state index contributed by atoms with van der Waals surface area (Å²) in [4.78, 5) is 14.3. The van der Waals surface area contributed by atoms with Crippen LogP contribution in [0.25, 0.3) is 0 Å². The lowest BCUT2D eigenvalue weighted by Gasteiger charge is -2.32. The molecule has 4 nitrogen and oxygen atoms in total. The molecule has 0 spiro atoms. The van der Waals surface area contributed by atoms with Gasteiger partial charge in [-0.3, -0.25) is 4.79 Å². The maximum Gasteiger partial charge on any atom is 0.252 e. The Bertz CT molecular complexity index is 525. The normalized spacial score (nSPS) is 10.9. The summed E-state index contributed by atoms with van der Waals surface area (Å²) in [5, 5.41) is 11.7. The van der Waals surface area contributed by atoms with E-state index in [1.807, 2.05) is 20.2 Å². The van der Waals surface area contributed by atoms with Crippen LogP contribution in [0.1, 0.15) is 29.8 Å². The van der Waals surface area contributed by atoms with E-state index < -0.39 is 0 Å². The van der Waals surface area contributed by atoms with Crippen molar-refractivity contribution in [1.82, 2.24) is 10.2 Å². The molecule has 0 aromatic heterocycles. The van der Waals surface area contributed by atoms with Crippen LogP contribution in [0.5, 0.6) is 0 Å². The zero-order valence-corrected chi connectivity index (χ0v) is 12.5. The van der Waals surface area contributed by atoms with Gasteiger partial charge >= 0.3 is 0 Å². The molecule has 0 unspecified atom stereocenters. The molecular formula is C16H22N2O2. The van der Waals surface area contributed by atoms with Gasteiger partial charge in [-0.15, -0.1) is 0 Å². The number of carbonyl (C=O) groups excluding carboxylic acids is 1. The van der Waals surface area contributed by atoms with Crippen LogP contribution < -0.4 is 5.32 Å². The molecule has 0 saturated heterocycles. The second kappa shape index (κ2) is 7.09. The summed E-state index contributed by atoms with van der Waals surface area (Å²) in [6.07, 6.45) is 0. The van der Waals surface area contributed by atoms with E-state index in [0.717, 1.165) is 0 Å². The van der Waals surface area contributed by atoms with E-state index in [-0.39, 0.29) is 18.1 Å². The molecule has 0 aliphatic rings. The summed E-state index contributed by atoms with van der Waals surface area (Å²) in [6, 6.07) is 7.13. The topological polar surface area (TPSA) is 52.6 Å². The van der Waals surface area contributed by atoms with Gasteiger partial charge < -0.3 is 15.3 Å². The molecule has 4 heteroatoms. The van der Waals surface area contributed by atoms with Gasteiger partial charge in [0.25, 0.3) is 5.91 Å². The highest BCUT2D eigenvalue weighted by Gasteiger charge is 2.21. The average Bonchev–Trinajstić information content (AvgIpc) is 2.42. The van der Waals surface area contributed by atoms with Gasteiger partial charge in [0.05, 0.1) is 5.56 Å². The van der Waals surface area contributed by atoms with Crippen LogP contribution in [-0.4, -0.2) is 48.7 Å². The molecule has 0 fully saturated rings. The van der Waals surface area contributed by atoms with Crippen molar-refractivity contribution >= 4 is 5.91 Å². The summed E-state index contributed by atoms with van der Waals surface area (Å²) in [5.41, 5.74) is 1.03. The molecule has 0 heterocycles. The van der Waals surface area contributed by atoms with E-state index >= 15 is 0 Å². The Kier molecular flexibility index (Phi) is 5.75. The smallest absolute Gasteiger partial charge is 0.252 e. The molecule has 108 valence electrons. The van der Waals surface area contributed by atoms with E-state index in [9.17, 15) is 4.79 Å². The summed E-state index contributed by atoms with van der Waals surface area (Å²) in [7, 11) is 3.96. The van der Waals surface area contributed by atoms with E-state index in [1.165, 1.54) is 0 Å². The van der Waals surface area contributed by atoms with E-state index in [4.69, 9.17) is 5.11 Å². The van der Waals surface area contributed by atoms with Crippen molar-refractivity contribution in [3.63, 3.8) is 0 Å². The standard InChI is InChI=1S/C16H22N2O2/c1-16(2,18(3)4)12-17-15(20)14-10-6-5-8-13(14)9-7-11-19/h5-6,8,10,19H,11-12H2,1-4H3,(H,17,20). The number of nitrogens with zero attached hydrogens (tertiary/aromatic N) is 1. The van der Waals surface area contributed by atoms with Gasteiger partial charge in [-0.2, -0.15) is 0 Å². The molecule has 20 heavy (non-hydrogen) atoms. The predicted molar refractivity (Wildman–Crippen MR) is 80.5 cm³/mol. The number of likely N-dealkylation sites (N-methyl/N-ethyl adjacent to an activating group) is 1. The number of aliphatic hydroxyl groups is 1. The maximum atomic E-state index is 12.2. The van der Waals surface area contributed by atoms with Gasteiger partial charge in [-0.05, 0) is 40.1 Å². The molecule has 0 saturated carbocycles. The maximum absolute atomic E-state index is 12.2. The second-order valence-corrected chi connectivity index (χ2v) is 5.40. The Labute approximate surface area is 120 Å². The monoisotopic (exact) mass is 274 g/mol. The third kappa shape index (κ3) is 4.37. The zero-order valence-electron chi connectivity index (χ0n) is 12.5. The zero-order chi connectivity index (χ0) is 15.2. The number of rotatable bonds is 4. The van der Waals surface area contributed by atoms with Crippen LogP contribution in [0, 0.1) is 11.8 Å². The fraction of sp³-hybridized carbons (Fsp3) is 0.438. The van der Waals surface area contributed by atoms with Crippen LogP contribution in [0.15, 0.2) is 24.3 Å². The van der Waals surface area contributed by atoms with Crippen LogP contribution >= 0.6 is 0 Å². The number of nitrogens with one attached hydrogen (secondary N) is 1. The van der Waals surface area contributed by atoms with E-state index in [2.05, 4.69) is 35.9 Å². The van der Waals surface area contributed by atoms with Crippen molar-refractivity contribution in [2.45, 2.75) is 19.4 Å². The third-order valence-corrected chi connectivity index (χ3v) is 3.37. The highest BCUT2D eigenvalue weighted by molar-refractivity contribution is 5.96. The molecule has 1 aromatic rings. The van der Waals surface area contributed by atoms with E-state index in [0.29, 0.717) is 17.7 Å². The van der Waals surface area contributed by atoms with Crippen molar-refractivity contribution in [3.05, 3.63) is 35.4 Å². The third-order valence-electron chi connectivity index (χ3n) is 3.37. The molecule has 2 N–H and O–H groups in total. The Balaban J connectivity index is 2.83. The Morgan fingerprint density at radius 3 is 2.60 bits per heavy atom. The summed E-state index contributed by atoms with van der Waals surface area (Å²) < 4.78 is 0. The van der Waals surface area contributed by atoms with Crippen molar-refractivity contribution in [1.29, 1.82) is 0 Å². The largest absolute Gasteiger partial charge is 0.384 e. The fourth-order valence-electron chi connectivity index (χ4n) is 1.47. The van der Waals surface area contributed by atoms with Gasteiger partial charge in [-0.25, -0.2) is 0 Å². The van der Waals surface area contributed by atoms with Crippen molar-refractivity contribution in [2.24, 2.45) is 0 Å². The molecule has 0 aliphatic carbocycles. The van der Waals surface area contributed by atoms with Gasteiger partial charge in [0.2, 0.25) is 0 Å². The molecule has 0 atom stereocenters. The summed E-state index contributed by atoms with van der Waals surface area (Å²) >= 11 is 0. The first-order valence-corrected chi connectivity index (χ1v) is 6.53. The second-order valence-electron chi connectivity index (χ2n) is 5.40. The first kappa shape index (κ1) is 16.2. The number of carbonyl (C=O) groups is 1. The highest BCUT2D eigenvalue weighted by Crippen LogP contribution is 2.10. The van der Waals surface area contributed by atoms with Crippen LogP contribution in [0.2, 0.25) is 0 Å². The van der Waals surface area contributed by atoms with Gasteiger partial charge in [0, 0.05) is 17.6 Å². The first-order chi connectivity index (χ1) is 9.38. The molecule has 0 bridgehead atoms.